The molecule has 1 aromatic carbocycles. The number of fused-ring (bicyclic) bond motifs is 6. The van der Waals surface area contributed by atoms with Gasteiger partial charge in [0.25, 0.3) is 0 Å². The van der Waals surface area contributed by atoms with Crippen LogP contribution < -0.4 is 4.74 Å². The average Bonchev–Trinajstić information content (AvgIpc) is 3.14. The lowest BCUT2D eigenvalue weighted by Crippen LogP contribution is -2.58. The largest absolute Gasteiger partial charge is 0.486 e. The lowest BCUT2D eigenvalue weighted by atomic mass is 9.46. The van der Waals surface area contributed by atoms with E-state index in [9.17, 15) is 14.7 Å². The summed E-state index contributed by atoms with van der Waals surface area (Å²) in [5, 5.41) is 11.9. The lowest BCUT2D eigenvalue weighted by molar-refractivity contribution is -0.164. The van der Waals surface area contributed by atoms with E-state index in [0.717, 1.165) is 57.1 Å². The van der Waals surface area contributed by atoms with Gasteiger partial charge < -0.3 is 9.84 Å². The van der Waals surface area contributed by atoms with Crippen molar-refractivity contribution in [3.63, 3.8) is 0 Å². The number of rotatable bonds is 4. The zero-order valence-electron chi connectivity index (χ0n) is 21.4. The number of benzene rings is 1. The Balaban J connectivity index is 1.19. The van der Waals surface area contributed by atoms with Crippen molar-refractivity contribution in [3.05, 3.63) is 41.0 Å². The molecule has 3 saturated carbocycles. The molecule has 0 heterocycles. The zero-order valence-corrected chi connectivity index (χ0v) is 21.4. The summed E-state index contributed by atoms with van der Waals surface area (Å²) in [6.07, 6.45) is 13.7. The van der Waals surface area contributed by atoms with Crippen LogP contribution in [-0.4, -0.2) is 28.9 Å². The Hall–Kier alpha value is -1.94. The van der Waals surface area contributed by atoms with Gasteiger partial charge in [-0.15, -0.1) is 0 Å². The number of allylic oxidation sites excluding steroid dienone is 1. The van der Waals surface area contributed by atoms with E-state index in [-0.39, 0.29) is 23.6 Å². The summed E-state index contributed by atoms with van der Waals surface area (Å²) in [5.74, 6) is 2.32. The maximum absolute atomic E-state index is 13.6. The normalized spacial score (nSPS) is 40.1. The van der Waals surface area contributed by atoms with Crippen LogP contribution in [0.15, 0.2) is 29.8 Å². The third kappa shape index (κ3) is 3.49. The van der Waals surface area contributed by atoms with Crippen molar-refractivity contribution in [1.29, 1.82) is 0 Å². The van der Waals surface area contributed by atoms with Gasteiger partial charge in [-0.25, -0.2) is 0 Å². The molecule has 1 N–H and O–H groups in total. The van der Waals surface area contributed by atoms with E-state index in [2.05, 4.69) is 26.0 Å². The van der Waals surface area contributed by atoms with Crippen molar-refractivity contribution in [3.8, 4) is 5.75 Å². The summed E-state index contributed by atoms with van der Waals surface area (Å²) >= 11 is 0. The summed E-state index contributed by atoms with van der Waals surface area (Å²) < 4.78 is 5.99. The first kappa shape index (κ1) is 23.5. The van der Waals surface area contributed by atoms with Gasteiger partial charge in [0, 0.05) is 11.8 Å². The minimum absolute atomic E-state index is 0.0571. The van der Waals surface area contributed by atoms with Crippen molar-refractivity contribution < 1.29 is 19.4 Å². The van der Waals surface area contributed by atoms with E-state index in [1.54, 1.807) is 0 Å². The van der Waals surface area contributed by atoms with Crippen LogP contribution in [0.25, 0.3) is 0 Å². The summed E-state index contributed by atoms with van der Waals surface area (Å²) in [7, 11) is 0. The van der Waals surface area contributed by atoms with Crippen LogP contribution in [0.5, 0.6) is 5.75 Å². The molecule has 4 nitrogen and oxygen atoms in total. The van der Waals surface area contributed by atoms with Crippen molar-refractivity contribution in [1.82, 2.24) is 0 Å². The number of hydrogen-bond acceptors (Lipinski definition) is 4. The van der Waals surface area contributed by atoms with Crippen molar-refractivity contribution >= 4 is 11.6 Å². The highest BCUT2D eigenvalue weighted by molar-refractivity contribution is 5.92. The summed E-state index contributed by atoms with van der Waals surface area (Å²) in [6, 6.07) is 6.22. The molecule has 0 aliphatic heterocycles. The molecule has 4 heteroatoms. The van der Waals surface area contributed by atoms with Crippen LogP contribution in [-0.2, 0) is 22.4 Å². The smallest absolute Gasteiger partial charge is 0.202 e. The third-order valence-electron chi connectivity index (χ3n) is 11.3. The molecule has 0 radical (unpaired) electrons. The predicted molar refractivity (Wildman–Crippen MR) is 135 cm³/mol. The molecular formula is C31H40O4. The third-order valence-corrected chi connectivity index (χ3v) is 11.3. The van der Waals surface area contributed by atoms with Crippen LogP contribution in [0, 0.1) is 28.6 Å². The highest BCUT2D eigenvalue weighted by Crippen LogP contribution is 2.67. The van der Waals surface area contributed by atoms with Gasteiger partial charge in [0.15, 0.2) is 5.78 Å². The van der Waals surface area contributed by atoms with Crippen LogP contribution in [0.4, 0.5) is 0 Å². The second-order valence-corrected chi connectivity index (χ2v) is 12.7. The number of carbonyl (C=O) groups excluding carboxylic acids is 2. The van der Waals surface area contributed by atoms with Crippen LogP contribution in [0.3, 0.4) is 0 Å². The fourth-order valence-corrected chi connectivity index (χ4v) is 9.10. The van der Waals surface area contributed by atoms with Crippen LogP contribution >= 0.6 is 0 Å². The molecule has 0 aromatic heterocycles. The zero-order chi connectivity index (χ0) is 24.4. The quantitative estimate of drug-likeness (QED) is 0.599. The number of carbonyl (C=O) groups is 2. The Morgan fingerprint density at radius 3 is 2.57 bits per heavy atom. The lowest BCUT2D eigenvalue weighted by Gasteiger charge is -2.58. The van der Waals surface area contributed by atoms with Crippen LogP contribution in [0.2, 0.25) is 0 Å². The second-order valence-electron chi connectivity index (χ2n) is 12.7. The average molecular weight is 477 g/mol. The van der Waals surface area contributed by atoms with E-state index in [1.165, 1.54) is 29.5 Å². The molecule has 1 aromatic rings. The minimum Gasteiger partial charge on any atom is -0.486 e. The fourth-order valence-electron chi connectivity index (χ4n) is 9.10. The second kappa shape index (κ2) is 8.30. The number of ketones is 2. The number of aliphatic hydroxyl groups is 1. The first-order chi connectivity index (χ1) is 16.7. The molecule has 0 amide bonds. The first-order valence-electron chi connectivity index (χ1n) is 14.0. The van der Waals surface area contributed by atoms with Crippen molar-refractivity contribution in [2.45, 2.75) is 96.5 Å². The molecule has 3 fully saturated rings. The molecule has 35 heavy (non-hydrogen) atoms. The predicted octanol–water partition coefficient (Wildman–Crippen LogP) is 5.78. The van der Waals surface area contributed by atoms with Gasteiger partial charge in [-0.05, 0) is 123 Å². The molecule has 0 spiro atoms. The van der Waals surface area contributed by atoms with E-state index in [1.807, 2.05) is 12.1 Å². The highest BCUT2D eigenvalue weighted by atomic mass is 16.5. The Kier molecular flexibility index (Phi) is 5.56. The standard InChI is InChI=1S/C31H40O4/c1-29-14-11-23(32)18-22(29)8-10-25-26(29)12-15-30(2)27(25)13-16-31(30,34)28(33)19-35-24-9-7-20-5-3-4-6-21(20)17-24/h7,9,17-18,25-27,34H,3-6,8,10-16,19H2,1-2H3/t25?,26?,27?,29?,30?,31-/m0/s1. The molecule has 5 aliphatic carbocycles. The number of ether oxygens (including phenoxy) is 1. The van der Waals surface area contributed by atoms with E-state index < -0.39 is 11.0 Å². The Morgan fingerprint density at radius 1 is 0.971 bits per heavy atom. The SMILES string of the molecule is CC12CCC(=O)C=C1CCC1C2CCC2(C)C1CC[C@]2(O)C(=O)COc1ccc2c(c1)CCCC2. The maximum atomic E-state index is 13.6. The van der Waals surface area contributed by atoms with Crippen LogP contribution in [0.1, 0.15) is 89.2 Å². The van der Waals surface area contributed by atoms with Gasteiger partial charge in [0.2, 0.25) is 5.78 Å². The molecule has 0 bridgehead atoms. The Labute approximate surface area is 209 Å². The maximum Gasteiger partial charge on any atom is 0.202 e. The van der Waals surface area contributed by atoms with Crippen molar-refractivity contribution in [2.24, 2.45) is 28.6 Å². The summed E-state index contributed by atoms with van der Waals surface area (Å²) in [4.78, 5) is 25.6. The molecule has 5 aliphatic rings. The molecule has 6 rings (SSSR count). The van der Waals surface area contributed by atoms with E-state index in [0.29, 0.717) is 30.6 Å². The van der Waals surface area contributed by atoms with E-state index >= 15 is 0 Å². The van der Waals surface area contributed by atoms with E-state index in [4.69, 9.17) is 4.74 Å². The van der Waals surface area contributed by atoms with Crippen molar-refractivity contribution in [2.75, 3.05) is 6.61 Å². The van der Waals surface area contributed by atoms with Gasteiger partial charge in [-0.2, -0.15) is 0 Å². The monoisotopic (exact) mass is 476 g/mol. The molecule has 0 saturated heterocycles. The molecule has 6 atom stereocenters. The highest BCUT2D eigenvalue weighted by Gasteiger charge is 2.66. The first-order valence-corrected chi connectivity index (χ1v) is 14.0. The molecular weight excluding hydrogens is 436 g/mol. The number of aryl methyl sites for hydroxylation is 2. The summed E-state index contributed by atoms with van der Waals surface area (Å²) in [6.45, 7) is 4.50. The Morgan fingerprint density at radius 2 is 1.74 bits per heavy atom. The fraction of sp³-hybridized carbons (Fsp3) is 0.677. The molecule has 188 valence electrons. The topological polar surface area (TPSA) is 63.6 Å². The van der Waals surface area contributed by atoms with Gasteiger partial charge in [0.05, 0.1) is 0 Å². The van der Waals surface area contributed by atoms with Gasteiger partial charge in [-0.3, -0.25) is 9.59 Å². The molecule has 5 unspecified atom stereocenters. The summed E-state index contributed by atoms with van der Waals surface area (Å²) in [5.41, 5.74) is 2.51. The van der Waals surface area contributed by atoms with Gasteiger partial charge >= 0.3 is 0 Å². The number of hydrogen-bond donors (Lipinski definition) is 1. The minimum atomic E-state index is -1.31. The van der Waals surface area contributed by atoms with Gasteiger partial charge in [0.1, 0.15) is 18.0 Å². The Bertz CT molecular complexity index is 1090. The van der Waals surface area contributed by atoms with Gasteiger partial charge in [-0.1, -0.05) is 25.5 Å². The number of Topliss-reactive ketones (excluding diaryl/α,β-unsaturated/α-hetero) is 1.